The molecule has 1 spiro atoms. The molecule has 2 aromatic carbocycles. The molecule has 2 aromatic heterocycles. The first kappa shape index (κ1) is 29.5. The molecule has 4 fully saturated rings. The van der Waals surface area contributed by atoms with Gasteiger partial charge in [0.15, 0.2) is 12.4 Å². The fourth-order valence-electron chi connectivity index (χ4n) is 9.66. The highest BCUT2D eigenvalue weighted by Crippen LogP contribution is 2.60. The van der Waals surface area contributed by atoms with E-state index in [2.05, 4.69) is 23.7 Å². The van der Waals surface area contributed by atoms with Gasteiger partial charge in [-0.1, -0.05) is 37.2 Å². The highest BCUT2D eigenvalue weighted by atomic mass is 35.5. The Morgan fingerprint density at radius 1 is 1.28 bits per heavy atom. The van der Waals surface area contributed by atoms with Crippen LogP contribution in [0, 0.1) is 12.7 Å². The number of pyridine rings is 1. The number of fused-ring (bicyclic) bond motifs is 3. The summed E-state index contributed by atoms with van der Waals surface area (Å²) >= 11 is 6.52. The summed E-state index contributed by atoms with van der Waals surface area (Å²) in [5.41, 5.74) is 1.14. The van der Waals surface area contributed by atoms with Crippen LogP contribution in [-0.4, -0.2) is 87.8 Å². The van der Waals surface area contributed by atoms with E-state index in [9.17, 15) is 9.50 Å². The third kappa shape index (κ3) is 3.82. The zero-order chi connectivity index (χ0) is 32.5. The van der Waals surface area contributed by atoms with Gasteiger partial charge < -0.3 is 14.6 Å². The number of hydrogen-bond acceptors (Lipinski definition) is 8. The number of nitrogens with one attached hydrogen (secondary N) is 1. The number of alkyl halides is 1. The topological polar surface area (TPSA) is 92.6 Å². The molecule has 5 aliphatic heterocycles. The van der Waals surface area contributed by atoms with Crippen LogP contribution in [0.1, 0.15) is 43.7 Å². The predicted octanol–water partition coefficient (Wildman–Crippen LogP) is 5.95. The number of halogens is 3. The van der Waals surface area contributed by atoms with Crippen LogP contribution in [0.5, 0.6) is 17.6 Å². The van der Waals surface area contributed by atoms with E-state index in [1.54, 1.807) is 6.07 Å². The largest absolute Gasteiger partial charge is 0.508 e. The number of benzene rings is 2. The van der Waals surface area contributed by atoms with Crippen LogP contribution in [0.15, 0.2) is 30.8 Å². The number of aryl methyl sites for hydroxylation is 1. The quantitative estimate of drug-likeness (QED) is 0.193. The van der Waals surface area contributed by atoms with Crippen LogP contribution >= 0.6 is 11.6 Å². The molecule has 47 heavy (non-hydrogen) atoms. The maximum absolute atomic E-state index is 17.3. The highest BCUT2D eigenvalue weighted by Gasteiger charge is 2.84. The number of quaternary nitrogens is 1. The zero-order valence-corrected chi connectivity index (χ0v) is 27.1. The lowest BCUT2D eigenvalue weighted by atomic mass is 9.93. The normalized spacial score (nSPS) is 30.6. The van der Waals surface area contributed by atoms with Crippen molar-refractivity contribution in [2.75, 3.05) is 39.4 Å². The average Bonchev–Trinajstić information content (AvgIpc) is 3.34. The lowest BCUT2D eigenvalue weighted by Crippen LogP contribution is -2.43. The Balaban J connectivity index is 1.28. The smallest absolute Gasteiger partial charge is 0.322 e. The van der Waals surface area contributed by atoms with Crippen molar-refractivity contribution in [1.82, 2.24) is 29.7 Å². The Hall–Kier alpha value is -3.64. The van der Waals surface area contributed by atoms with Crippen molar-refractivity contribution in [3.05, 3.63) is 47.8 Å². The molecule has 9 rings (SSSR count). The Morgan fingerprint density at radius 3 is 2.94 bits per heavy atom. The zero-order valence-electron chi connectivity index (χ0n) is 26.4. The summed E-state index contributed by atoms with van der Waals surface area (Å²) in [7, 11) is 0. The summed E-state index contributed by atoms with van der Waals surface area (Å²) in [6.07, 6.45) is 2.14. The molecule has 2 N–H and O–H groups in total. The lowest BCUT2D eigenvalue weighted by Gasteiger charge is -2.30. The molecule has 0 bridgehead atoms. The molecular weight excluding hydrogens is 626 g/mol. The molecule has 0 amide bonds. The summed E-state index contributed by atoms with van der Waals surface area (Å²) in [6, 6.07) is 6.94. The van der Waals surface area contributed by atoms with Gasteiger partial charge in [0.05, 0.1) is 18.6 Å². The number of nitrogens with zero attached hydrogens (tertiary/aromatic N) is 5. The van der Waals surface area contributed by atoms with E-state index in [0.717, 1.165) is 44.5 Å². The Labute approximate surface area is 275 Å². The van der Waals surface area contributed by atoms with Crippen LogP contribution in [0.4, 0.5) is 14.6 Å². The monoisotopic (exact) mass is 661 g/mol. The highest BCUT2D eigenvalue weighted by molar-refractivity contribution is 6.49. The van der Waals surface area contributed by atoms with Gasteiger partial charge in [-0.05, 0) is 49.4 Å². The van der Waals surface area contributed by atoms with Gasteiger partial charge in [0.25, 0.3) is 0 Å². The molecule has 7 heterocycles. The molecule has 12 heteroatoms. The molecule has 9 nitrogen and oxygen atoms in total. The predicted molar refractivity (Wildman–Crippen MR) is 177 cm³/mol. The molecular formula is C35H36ClF2N6O3+. The first-order chi connectivity index (χ1) is 22.6. The van der Waals surface area contributed by atoms with Crippen LogP contribution in [0.2, 0.25) is 0 Å². The SMILES string of the molecule is C=C(Cl)c1c(C)ccc2cc(O)cc(-c3nc4c5c(nc(OC[C@@]67CCCN6C[C@H](F)C7)nc5c3F)[N+]35CCNC3(CC)[C@H]5CO4)c12. The van der Waals surface area contributed by atoms with Gasteiger partial charge in [-0.25, -0.2) is 18.2 Å². The average molecular weight is 662 g/mol. The fraction of sp³-hybridized carbons (Fsp3) is 0.457. The van der Waals surface area contributed by atoms with E-state index in [0.29, 0.717) is 62.2 Å². The maximum Gasteiger partial charge on any atom is 0.322 e. The van der Waals surface area contributed by atoms with E-state index in [1.807, 2.05) is 19.1 Å². The summed E-state index contributed by atoms with van der Waals surface area (Å²) in [4.78, 5) is 16.7. The second-order valence-corrected chi connectivity index (χ2v) is 14.3. The summed E-state index contributed by atoms with van der Waals surface area (Å²) in [5.74, 6) is 0.141. The molecule has 0 aliphatic carbocycles. The minimum Gasteiger partial charge on any atom is -0.508 e. The lowest BCUT2D eigenvalue weighted by molar-refractivity contribution is 0.107. The maximum atomic E-state index is 17.3. The molecule has 5 aliphatic rings. The van der Waals surface area contributed by atoms with Crippen molar-refractivity contribution >= 4 is 44.1 Å². The van der Waals surface area contributed by atoms with Crippen LogP contribution in [0.25, 0.3) is 38.0 Å². The summed E-state index contributed by atoms with van der Waals surface area (Å²) in [6.45, 7) is 11.4. The summed E-state index contributed by atoms with van der Waals surface area (Å²) < 4.78 is 45.2. The van der Waals surface area contributed by atoms with Gasteiger partial charge in [0.1, 0.15) is 35.1 Å². The van der Waals surface area contributed by atoms with Crippen molar-refractivity contribution in [1.29, 1.82) is 0 Å². The van der Waals surface area contributed by atoms with Gasteiger partial charge >= 0.3 is 6.01 Å². The number of rotatable bonds is 6. The van der Waals surface area contributed by atoms with Crippen molar-refractivity contribution < 1.29 is 23.4 Å². The third-order valence-corrected chi connectivity index (χ3v) is 11.9. The van der Waals surface area contributed by atoms with Crippen molar-refractivity contribution in [3.8, 4) is 28.9 Å². The molecule has 244 valence electrons. The molecule has 0 radical (unpaired) electrons. The minimum atomic E-state index is -0.904. The van der Waals surface area contributed by atoms with E-state index < -0.39 is 17.5 Å². The second-order valence-electron chi connectivity index (χ2n) is 13.9. The van der Waals surface area contributed by atoms with Crippen molar-refractivity contribution in [2.24, 2.45) is 0 Å². The number of aromatic hydroxyl groups is 1. The van der Waals surface area contributed by atoms with Crippen LogP contribution < -0.4 is 19.3 Å². The molecule has 5 atom stereocenters. The van der Waals surface area contributed by atoms with Crippen LogP contribution in [-0.2, 0) is 0 Å². The van der Waals surface area contributed by atoms with Gasteiger partial charge in [-0.3, -0.25) is 10.2 Å². The van der Waals surface area contributed by atoms with Gasteiger partial charge in [0.2, 0.25) is 23.4 Å². The van der Waals surface area contributed by atoms with Gasteiger partial charge in [-0.2, -0.15) is 4.98 Å². The standard InChI is InChI=1S/C35H35ClF2N6O3/c1-4-35-24-16-46-32-27-30(28(38)29(40-32)23-13-22(45)12-20-7-6-18(2)25(19(3)36)26(20)23)41-33(42-31(27)44(24,35)11-9-39-35)47-17-34-8-5-10-43(34)15-21(37)14-34/h6-7,12-13,21,24,39H,3-5,8-11,14-17H2,1-2H3/p+1/t21-,24-,34+,35?,44?/m1/s1. The van der Waals surface area contributed by atoms with Crippen molar-refractivity contribution in [2.45, 2.75) is 62.9 Å². The number of phenolic OH excluding ortho intramolecular Hbond substituents is 1. The fourth-order valence-corrected chi connectivity index (χ4v) is 9.90. The van der Waals surface area contributed by atoms with E-state index in [-0.39, 0.29) is 47.2 Å². The Kier molecular flexibility index (Phi) is 6.24. The number of aromatic nitrogens is 3. The third-order valence-electron chi connectivity index (χ3n) is 11.7. The van der Waals surface area contributed by atoms with Crippen LogP contribution in [0.3, 0.4) is 0 Å². The van der Waals surface area contributed by atoms with Crippen molar-refractivity contribution in [3.63, 3.8) is 0 Å². The number of ether oxygens (including phenoxy) is 2. The van der Waals surface area contributed by atoms with E-state index in [1.165, 1.54) is 6.07 Å². The molecule has 2 unspecified atom stereocenters. The van der Waals surface area contributed by atoms with Gasteiger partial charge in [0, 0.05) is 40.9 Å². The molecule has 4 saturated heterocycles. The first-order valence-corrected chi connectivity index (χ1v) is 16.8. The first-order valence-electron chi connectivity index (χ1n) is 16.4. The Morgan fingerprint density at radius 2 is 2.13 bits per heavy atom. The van der Waals surface area contributed by atoms with E-state index in [4.69, 9.17) is 36.0 Å². The Bertz CT molecular complexity index is 2050. The molecule has 4 aromatic rings. The van der Waals surface area contributed by atoms with Gasteiger partial charge in [-0.15, -0.1) is 4.98 Å². The second kappa shape index (κ2) is 9.95. The summed E-state index contributed by atoms with van der Waals surface area (Å²) in [5, 5.41) is 16.5. The number of hydrogen-bond donors (Lipinski definition) is 2. The number of piperazine rings is 1. The molecule has 0 saturated carbocycles. The minimum absolute atomic E-state index is 0.0303. The van der Waals surface area contributed by atoms with E-state index >= 15 is 4.39 Å². The number of phenols is 1.